The number of furan rings is 1. The lowest BCUT2D eigenvalue weighted by atomic mass is 9.95. The van der Waals surface area contributed by atoms with Crippen LogP contribution in [-0.4, -0.2) is 4.57 Å². The first-order valence-corrected chi connectivity index (χ1v) is 11.9. The highest BCUT2D eigenvalue weighted by Gasteiger charge is 2.20. The zero-order valence-corrected chi connectivity index (χ0v) is 18.6. The molecule has 0 unspecified atom stereocenters. The Bertz CT molecular complexity index is 1960. The molecule has 0 radical (unpaired) electrons. The van der Waals surface area contributed by atoms with Gasteiger partial charge in [-0.2, -0.15) is 0 Å². The van der Waals surface area contributed by atoms with Crippen molar-refractivity contribution < 1.29 is 4.42 Å². The highest BCUT2D eigenvalue weighted by atomic mass is 16.3. The van der Waals surface area contributed by atoms with Gasteiger partial charge in [0.1, 0.15) is 11.2 Å². The van der Waals surface area contributed by atoms with Crippen molar-refractivity contribution in [2.45, 2.75) is 12.8 Å². The van der Waals surface area contributed by atoms with Crippen molar-refractivity contribution in [1.82, 2.24) is 4.57 Å². The van der Waals surface area contributed by atoms with Gasteiger partial charge in [-0.1, -0.05) is 60.7 Å². The lowest BCUT2D eigenvalue weighted by Crippen LogP contribution is -1.93. The Kier molecular flexibility index (Phi) is 3.53. The summed E-state index contributed by atoms with van der Waals surface area (Å²) < 4.78 is 8.81. The Hall–Kier alpha value is -4.30. The molecule has 2 aromatic heterocycles. The molecule has 8 rings (SSSR count). The summed E-state index contributed by atoms with van der Waals surface area (Å²) >= 11 is 0. The minimum Gasteiger partial charge on any atom is -0.456 e. The van der Waals surface area contributed by atoms with E-state index in [2.05, 4.69) is 108 Å². The van der Waals surface area contributed by atoms with E-state index in [-0.39, 0.29) is 0 Å². The second kappa shape index (κ2) is 6.61. The average Bonchev–Trinajstić information content (AvgIpc) is 3.42. The van der Waals surface area contributed by atoms with E-state index in [1.807, 2.05) is 0 Å². The summed E-state index contributed by atoms with van der Waals surface area (Å²) in [7, 11) is 0. The third-order valence-electron chi connectivity index (χ3n) is 7.40. The number of hydrogen-bond acceptors (Lipinski definition) is 1. The standard InChI is InChI=1S/C32H21NO/c1-2-8-21-17-24(14-13-20(21)7-1)33-27-12-6-5-11-25(27)31-28(33)15-16-29-32(31)26-18-22-9-3-4-10-23(22)19-30(26)34-29/h1-3,5-9,11-19H,4,10H2. The molecule has 0 saturated carbocycles. The number of hydrogen-bond donors (Lipinski definition) is 0. The maximum Gasteiger partial charge on any atom is 0.136 e. The Morgan fingerprint density at radius 2 is 1.53 bits per heavy atom. The number of fused-ring (bicyclic) bond motifs is 9. The minimum atomic E-state index is 0.954. The fourth-order valence-electron chi connectivity index (χ4n) is 5.85. The lowest BCUT2D eigenvalue weighted by Gasteiger charge is -2.10. The van der Waals surface area contributed by atoms with Crippen molar-refractivity contribution in [1.29, 1.82) is 0 Å². The van der Waals surface area contributed by atoms with Gasteiger partial charge in [0.15, 0.2) is 0 Å². The molecule has 0 bridgehead atoms. The van der Waals surface area contributed by atoms with E-state index in [4.69, 9.17) is 4.42 Å². The molecule has 0 aliphatic heterocycles. The Balaban J connectivity index is 1.54. The summed E-state index contributed by atoms with van der Waals surface area (Å²) in [4.78, 5) is 0. The molecular formula is C32H21NO. The molecule has 34 heavy (non-hydrogen) atoms. The second-order valence-corrected chi connectivity index (χ2v) is 9.31. The van der Waals surface area contributed by atoms with Crippen molar-refractivity contribution in [2.24, 2.45) is 0 Å². The highest BCUT2D eigenvalue weighted by Crippen LogP contribution is 2.42. The molecule has 160 valence electrons. The monoisotopic (exact) mass is 435 g/mol. The van der Waals surface area contributed by atoms with E-state index in [1.54, 1.807) is 0 Å². The number of aromatic nitrogens is 1. The first kappa shape index (κ1) is 18.2. The molecule has 5 aromatic carbocycles. The number of allylic oxidation sites excluding steroid dienone is 1. The third-order valence-corrected chi connectivity index (χ3v) is 7.40. The molecule has 1 aliphatic rings. The van der Waals surface area contributed by atoms with E-state index in [0.29, 0.717) is 0 Å². The maximum absolute atomic E-state index is 6.41. The Morgan fingerprint density at radius 3 is 2.50 bits per heavy atom. The van der Waals surface area contributed by atoms with Gasteiger partial charge in [-0.05, 0) is 77.2 Å². The van der Waals surface area contributed by atoms with Gasteiger partial charge >= 0.3 is 0 Å². The number of benzene rings is 5. The Morgan fingerprint density at radius 1 is 0.647 bits per heavy atom. The number of aryl methyl sites for hydroxylation is 1. The smallest absolute Gasteiger partial charge is 0.136 e. The zero-order chi connectivity index (χ0) is 22.2. The predicted octanol–water partition coefficient (Wildman–Crippen LogP) is 8.80. The average molecular weight is 436 g/mol. The van der Waals surface area contributed by atoms with E-state index in [0.717, 1.165) is 24.0 Å². The molecule has 0 atom stereocenters. The molecule has 0 N–H and O–H groups in total. The van der Waals surface area contributed by atoms with E-state index in [1.165, 1.54) is 60.2 Å². The molecule has 2 heterocycles. The quantitative estimate of drug-likeness (QED) is 0.252. The third kappa shape index (κ3) is 2.40. The van der Waals surface area contributed by atoms with Crippen LogP contribution in [0.4, 0.5) is 0 Å². The summed E-state index contributed by atoms with van der Waals surface area (Å²) in [6.07, 6.45) is 6.71. The molecule has 0 amide bonds. The van der Waals surface area contributed by atoms with Gasteiger partial charge in [0.2, 0.25) is 0 Å². The van der Waals surface area contributed by atoms with Crippen LogP contribution < -0.4 is 0 Å². The minimum absolute atomic E-state index is 0.954. The molecule has 0 fully saturated rings. The van der Waals surface area contributed by atoms with Crippen LogP contribution >= 0.6 is 0 Å². The second-order valence-electron chi connectivity index (χ2n) is 9.31. The largest absolute Gasteiger partial charge is 0.456 e. The van der Waals surface area contributed by atoms with Gasteiger partial charge < -0.3 is 8.98 Å². The van der Waals surface area contributed by atoms with Gasteiger partial charge in [0, 0.05) is 27.2 Å². The van der Waals surface area contributed by atoms with E-state index < -0.39 is 0 Å². The topological polar surface area (TPSA) is 18.1 Å². The SMILES string of the molecule is C1=Cc2cc3c(cc2CC1)oc1ccc2c(c4ccccc4n2-c2ccc4ccccc4c2)c13. The van der Waals surface area contributed by atoms with Crippen LogP contribution in [-0.2, 0) is 6.42 Å². The highest BCUT2D eigenvalue weighted by molar-refractivity contribution is 6.27. The van der Waals surface area contributed by atoms with Gasteiger partial charge in [-0.3, -0.25) is 0 Å². The van der Waals surface area contributed by atoms with Gasteiger partial charge in [-0.15, -0.1) is 0 Å². The van der Waals surface area contributed by atoms with Crippen LogP contribution in [0.3, 0.4) is 0 Å². The summed E-state index contributed by atoms with van der Waals surface area (Å²) in [5, 5.41) is 7.44. The van der Waals surface area contributed by atoms with Crippen molar-refractivity contribution >= 4 is 60.6 Å². The number of rotatable bonds is 1. The van der Waals surface area contributed by atoms with Crippen LogP contribution in [0.25, 0.3) is 66.3 Å². The first-order valence-electron chi connectivity index (χ1n) is 11.9. The van der Waals surface area contributed by atoms with Gasteiger partial charge in [-0.25, -0.2) is 0 Å². The molecule has 1 aliphatic carbocycles. The van der Waals surface area contributed by atoms with Crippen LogP contribution in [0.1, 0.15) is 17.5 Å². The summed E-state index contributed by atoms with van der Waals surface area (Å²) in [5.74, 6) is 0. The Labute approximate surface area is 196 Å². The lowest BCUT2D eigenvalue weighted by molar-refractivity contribution is 0.668. The normalized spacial score (nSPS) is 13.5. The zero-order valence-electron chi connectivity index (χ0n) is 18.6. The molecule has 7 aromatic rings. The van der Waals surface area contributed by atoms with Gasteiger partial charge in [0.05, 0.1) is 11.0 Å². The first-order chi connectivity index (χ1) is 16.8. The van der Waals surface area contributed by atoms with Crippen molar-refractivity contribution in [3.05, 3.63) is 108 Å². The van der Waals surface area contributed by atoms with Crippen molar-refractivity contribution in [3.8, 4) is 5.69 Å². The number of nitrogens with zero attached hydrogens (tertiary/aromatic N) is 1. The molecule has 0 spiro atoms. The number of para-hydroxylation sites is 1. The maximum atomic E-state index is 6.41. The predicted molar refractivity (Wildman–Crippen MR) is 143 cm³/mol. The molecular weight excluding hydrogens is 414 g/mol. The van der Waals surface area contributed by atoms with Crippen molar-refractivity contribution in [3.63, 3.8) is 0 Å². The fourth-order valence-corrected chi connectivity index (χ4v) is 5.85. The van der Waals surface area contributed by atoms with Crippen molar-refractivity contribution in [2.75, 3.05) is 0 Å². The molecule has 2 nitrogen and oxygen atoms in total. The molecule has 0 saturated heterocycles. The molecule has 2 heteroatoms. The van der Waals surface area contributed by atoms with E-state index >= 15 is 0 Å². The summed E-state index contributed by atoms with van der Waals surface area (Å²) in [5.41, 5.74) is 8.24. The van der Waals surface area contributed by atoms with E-state index in [9.17, 15) is 0 Å². The summed E-state index contributed by atoms with van der Waals surface area (Å²) in [6, 6.07) is 33.0. The van der Waals surface area contributed by atoms with Crippen LogP contribution in [0, 0.1) is 0 Å². The van der Waals surface area contributed by atoms with Gasteiger partial charge in [0.25, 0.3) is 0 Å². The van der Waals surface area contributed by atoms with Crippen LogP contribution in [0.5, 0.6) is 0 Å². The van der Waals surface area contributed by atoms with Crippen LogP contribution in [0.15, 0.2) is 101 Å². The summed E-state index contributed by atoms with van der Waals surface area (Å²) in [6.45, 7) is 0. The fraction of sp³-hybridized carbons (Fsp3) is 0.0625. The van der Waals surface area contributed by atoms with Crippen LogP contribution in [0.2, 0.25) is 0 Å².